The van der Waals surface area contributed by atoms with Crippen LogP contribution in [0.2, 0.25) is 0 Å². The van der Waals surface area contributed by atoms with Gasteiger partial charge in [-0.05, 0) is 31.2 Å². The van der Waals surface area contributed by atoms with Crippen molar-refractivity contribution in [2.24, 2.45) is 0 Å². The average molecular weight is 296 g/mol. The molecule has 0 aliphatic heterocycles. The molecule has 0 unspecified atom stereocenters. The first kappa shape index (κ1) is 13.9. The SMILES string of the molecule is CC#CCCNCc1ccc(-c2nc3ccccc3s2)o1. The van der Waals surface area contributed by atoms with Crippen LogP contribution in [-0.4, -0.2) is 11.5 Å². The second kappa shape index (κ2) is 6.57. The Morgan fingerprint density at radius 1 is 1.24 bits per heavy atom. The van der Waals surface area contributed by atoms with Gasteiger partial charge in [0.15, 0.2) is 10.8 Å². The third-order valence-corrected chi connectivity index (χ3v) is 4.12. The van der Waals surface area contributed by atoms with E-state index in [4.69, 9.17) is 4.42 Å². The van der Waals surface area contributed by atoms with Crippen LogP contribution < -0.4 is 5.32 Å². The fraction of sp³-hybridized carbons (Fsp3) is 0.235. The summed E-state index contributed by atoms with van der Waals surface area (Å²) in [4.78, 5) is 4.60. The highest BCUT2D eigenvalue weighted by Gasteiger charge is 2.10. The molecule has 0 saturated carbocycles. The van der Waals surface area contributed by atoms with Crippen molar-refractivity contribution in [2.75, 3.05) is 6.54 Å². The summed E-state index contributed by atoms with van der Waals surface area (Å²) in [7, 11) is 0. The third-order valence-electron chi connectivity index (χ3n) is 3.07. The zero-order chi connectivity index (χ0) is 14.5. The molecule has 1 aromatic carbocycles. The highest BCUT2D eigenvalue weighted by atomic mass is 32.1. The Balaban J connectivity index is 1.67. The normalized spacial score (nSPS) is 10.5. The zero-order valence-electron chi connectivity index (χ0n) is 11.8. The van der Waals surface area contributed by atoms with E-state index in [0.717, 1.165) is 41.6 Å². The molecule has 2 aromatic heterocycles. The van der Waals surface area contributed by atoms with E-state index in [2.05, 4.69) is 28.2 Å². The van der Waals surface area contributed by atoms with E-state index in [-0.39, 0.29) is 0 Å². The molecule has 0 bridgehead atoms. The summed E-state index contributed by atoms with van der Waals surface area (Å²) in [6.07, 6.45) is 0.863. The summed E-state index contributed by atoms with van der Waals surface area (Å²) in [5.41, 5.74) is 1.02. The van der Waals surface area contributed by atoms with Gasteiger partial charge in [0.05, 0.1) is 16.8 Å². The van der Waals surface area contributed by atoms with E-state index in [0.29, 0.717) is 0 Å². The maximum Gasteiger partial charge on any atom is 0.163 e. The van der Waals surface area contributed by atoms with Crippen molar-refractivity contribution in [1.29, 1.82) is 0 Å². The second-order valence-electron chi connectivity index (χ2n) is 4.61. The minimum atomic E-state index is 0.719. The minimum absolute atomic E-state index is 0.719. The van der Waals surface area contributed by atoms with Crippen LogP contribution in [0, 0.1) is 11.8 Å². The number of rotatable bonds is 5. The number of hydrogen-bond donors (Lipinski definition) is 1. The van der Waals surface area contributed by atoms with Gasteiger partial charge in [0, 0.05) is 13.0 Å². The quantitative estimate of drug-likeness (QED) is 0.570. The molecule has 0 aliphatic carbocycles. The van der Waals surface area contributed by atoms with Crippen molar-refractivity contribution in [3.63, 3.8) is 0 Å². The number of fused-ring (bicyclic) bond motifs is 1. The Kier molecular flexibility index (Phi) is 4.34. The van der Waals surface area contributed by atoms with E-state index >= 15 is 0 Å². The molecule has 0 aliphatic rings. The first-order valence-corrected chi connectivity index (χ1v) is 7.73. The van der Waals surface area contributed by atoms with Gasteiger partial charge in [-0.1, -0.05) is 12.1 Å². The monoisotopic (exact) mass is 296 g/mol. The molecular weight excluding hydrogens is 280 g/mol. The summed E-state index contributed by atoms with van der Waals surface area (Å²) in [6, 6.07) is 12.1. The molecule has 2 heterocycles. The van der Waals surface area contributed by atoms with Crippen LogP contribution in [0.3, 0.4) is 0 Å². The van der Waals surface area contributed by atoms with Crippen molar-refractivity contribution in [3.8, 4) is 22.6 Å². The van der Waals surface area contributed by atoms with Gasteiger partial charge < -0.3 is 9.73 Å². The van der Waals surface area contributed by atoms with E-state index in [9.17, 15) is 0 Å². The van der Waals surface area contributed by atoms with Gasteiger partial charge in [-0.15, -0.1) is 23.2 Å². The standard InChI is InChI=1S/C17H16N2OS/c1-2-3-6-11-18-12-13-9-10-15(20-13)17-19-14-7-4-5-8-16(14)21-17/h4-5,7-10,18H,6,11-12H2,1H3. The number of hydrogen-bond acceptors (Lipinski definition) is 4. The van der Waals surface area contributed by atoms with Crippen molar-refractivity contribution < 1.29 is 4.42 Å². The van der Waals surface area contributed by atoms with E-state index in [1.807, 2.05) is 37.3 Å². The number of nitrogens with one attached hydrogen (secondary N) is 1. The molecule has 1 N–H and O–H groups in total. The van der Waals surface area contributed by atoms with Crippen LogP contribution in [0.4, 0.5) is 0 Å². The molecule has 4 heteroatoms. The maximum absolute atomic E-state index is 5.86. The predicted octanol–water partition coefficient (Wildman–Crippen LogP) is 4.06. The van der Waals surface area contributed by atoms with Crippen LogP contribution in [-0.2, 0) is 6.54 Å². The first-order valence-electron chi connectivity index (χ1n) is 6.92. The Labute approximate surface area is 128 Å². The molecule has 0 amide bonds. The number of furan rings is 1. The predicted molar refractivity (Wildman–Crippen MR) is 87.1 cm³/mol. The molecule has 3 rings (SSSR count). The minimum Gasteiger partial charge on any atom is -0.457 e. The fourth-order valence-corrected chi connectivity index (χ4v) is 2.98. The molecule has 0 spiro atoms. The topological polar surface area (TPSA) is 38.1 Å². The lowest BCUT2D eigenvalue weighted by molar-refractivity contribution is 0.496. The Morgan fingerprint density at radius 3 is 3.00 bits per heavy atom. The number of benzene rings is 1. The highest BCUT2D eigenvalue weighted by molar-refractivity contribution is 7.21. The van der Waals surface area contributed by atoms with Crippen molar-refractivity contribution in [3.05, 3.63) is 42.2 Å². The first-order chi connectivity index (χ1) is 10.4. The van der Waals surface area contributed by atoms with Crippen LogP contribution in [0.15, 0.2) is 40.8 Å². The largest absolute Gasteiger partial charge is 0.457 e. The van der Waals surface area contributed by atoms with E-state index in [1.54, 1.807) is 11.3 Å². The lowest BCUT2D eigenvalue weighted by Gasteiger charge is -1.98. The van der Waals surface area contributed by atoms with Crippen LogP contribution in [0.1, 0.15) is 19.1 Å². The van der Waals surface area contributed by atoms with Crippen LogP contribution >= 0.6 is 11.3 Å². The second-order valence-corrected chi connectivity index (χ2v) is 5.64. The molecule has 3 nitrogen and oxygen atoms in total. The molecule has 0 saturated heterocycles. The molecular formula is C17H16N2OS. The molecule has 21 heavy (non-hydrogen) atoms. The summed E-state index contributed by atoms with van der Waals surface area (Å²) < 4.78 is 7.04. The third kappa shape index (κ3) is 3.33. The van der Waals surface area contributed by atoms with Crippen molar-refractivity contribution in [1.82, 2.24) is 10.3 Å². The molecule has 0 fully saturated rings. The summed E-state index contributed by atoms with van der Waals surface area (Å²) in [6.45, 7) is 3.45. The number of aromatic nitrogens is 1. The number of nitrogens with zero attached hydrogens (tertiary/aromatic N) is 1. The fourth-order valence-electron chi connectivity index (χ4n) is 2.05. The van der Waals surface area contributed by atoms with Gasteiger partial charge >= 0.3 is 0 Å². The number of para-hydroxylation sites is 1. The molecule has 3 aromatic rings. The zero-order valence-corrected chi connectivity index (χ0v) is 12.7. The van der Waals surface area contributed by atoms with Gasteiger partial charge in [0.1, 0.15) is 5.76 Å². The average Bonchev–Trinajstić information content (AvgIpc) is 3.13. The van der Waals surface area contributed by atoms with Gasteiger partial charge in [-0.3, -0.25) is 0 Å². The Bertz CT molecular complexity index is 759. The summed E-state index contributed by atoms with van der Waals surface area (Å²) in [5, 5.41) is 4.24. The van der Waals surface area contributed by atoms with Gasteiger partial charge in [-0.2, -0.15) is 0 Å². The number of thiazole rings is 1. The smallest absolute Gasteiger partial charge is 0.163 e. The van der Waals surface area contributed by atoms with Crippen LogP contribution in [0.25, 0.3) is 21.0 Å². The lowest BCUT2D eigenvalue weighted by atomic mass is 10.3. The van der Waals surface area contributed by atoms with E-state index < -0.39 is 0 Å². The van der Waals surface area contributed by atoms with Crippen molar-refractivity contribution in [2.45, 2.75) is 19.9 Å². The van der Waals surface area contributed by atoms with Gasteiger partial charge in [-0.25, -0.2) is 4.98 Å². The van der Waals surface area contributed by atoms with E-state index in [1.165, 1.54) is 4.70 Å². The van der Waals surface area contributed by atoms with Crippen molar-refractivity contribution >= 4 is 21.6 Å². The summed E-state index contributed by atoms with van der Waals surface area (Å²) in [5.74, 6) is 7.67. The highest BCUT2D eigenvalue weighted by Crippen LogP contribution is 2.30. The van der Waals surface area contributed by atoms with Gasteiger partial charge in [0.25, 0.3) is 0 Å². The molecule has 0 radical (unpaired) electrons. The van der Waals surface area contributed by atoms with Crippen LogP contribution in [0.5, 0.6) is 0 Å². The van der Waals surface area contributed by atoms with Gasteiger partial charge in [0.2, 0.25) is 0 Å². The lowest BCUT2D eigenvalue weighted by Crippen LogP contribution is -2.13. The summed E-state index contributed by atoms with van der Waals surface area (Å²) >= 11 is 1.66. The Morgan fingerprint density at radius 2 is 2.14 bits per heavy atom. The molecule has 0 atom stereocenters. The maximum atomic E-state index is 5.86. The Hall–Kier alpha value is -2.09. The molecule has 106 valence electrons.